The zero-order valence-electron chi connectivity index (χ0n) is 13.6. The molecule has 1 aliphatic rings. The molecule has 0 atom stereocenters. The molecule has 0 aromatic carbocycles. The molecule has 2 rings (SSSR count). The number of ether oxygens (including phenoxy) is 1. The standard InChI is InChI=1S/C15H23N3O4/c1-11-10-12(16-22-11)13(19)17-6-5-7-18(9-8-17)14(20)21-15(2,3)4/h10H,5-9H2,1-4H3. The molecule has 7 nitrogen and oxygen atoms in total. The monoisotopic (exact) mass is 309 g/mol. The Kier molecular flexibility index (Phi) is 4.73. The maximum Gasteiger partial charge on any atom is 0.410 e. The predicted octanol–water partition coefficient (Wildman–Crippen LogP) is 2.07. The molecule has 0 spiro atoms. The molecule has 2 heterocycles. The van der Waals surface area contributed by atoms with Gasteiger partial charge in [-0.2, -0.15) is 0 Å². The van der Waals surface area contributed by atoms with Crippen LogP contribution in [0.3, 0.4) is 0 Å². The molecule has 1 fully saturated rings. The van der Waals surface area contributed by atoms with E-state index in [2.05, 4.69) is 5.16 Å². The maximum atomic E-state index is 12.3. The number of carbonyl (C=O) groups excluding carboxylic acids is 2. The van der Waals surface area contributed by atoms with Crippen molar-refractivity contribution in [3.05, 3.63) is 17.5 Å². The first-order valence-corrected chi connectivity index (χ1v) is 7.47. The van der Waals surface area contributed by atoms with Gasteiger partial charge in [-0.1, -0.05) is 5.16 Å². The molecule has 1 aliphatic heterocycles. The smallest absolute Gasteiger partial charge is 0.410 e. The van der Waals surface area contributed by atoms with Crippen LogP contribution in [-0.4, -0.2) is 58.7 Å². The van der Waals surface area contributed by atoms with Crippen molar-refractivity contribution < 1.29 is 18.8 Å². The Labute approximate surface area is 130 Å². The molecule has 0 unspecified atom stereocenters. The van der Waals surface area contributed by atoms with E-state index in [1.54, 1.807) is 22.8 Å². The molecule has 1 saturated heterocycles. The average Bonchev–Trinajstić information content (AvgIpc) is 2.70. The minimum atomic E-state index is -0.517. The Hall–Kier alpha value is -2.05. The van der Waals surface area contributed by atoms with Crippen molar-refractivity contribution in [2.75, 3.05) is 26.2 Å². The first-order valence-electron chi connectivity index (χ1n) is 7.47. The Morgan fingerprint density at radius 2 is 1.82 bits per heavy atom. The second kappa shape index (κ2) is 6.37. The summed E-state index contributed by atoms with van der Waals surface area (Å²) < 4.78 is 10.3. The van der Waals surface area contributed by atoms with Gasteiger partial charge in [0, 0.05) is 32.2 Å². The fraction of sp³-hybridized carbons (Fsp3) is 0.667. The zero-order valence-corrected chi connectivity index (χ0v) is 13.6. The lowest BCUT2D eigenvalue weighted by molar-refractivity contribution is 0.0255. The molecule has 7 heteroatoms. The van der Waals surface area contributed by atoms with Crippen LogP contribution in [0.15, 0.2) is 10.6 Å². The van der Waals surface area contributed by atoms with Gasteiger partial charge in [-0.05, 0) is 34.1 Å². The summed E-state index contributed by atoms with van der Waals surface area (Å²) in [5.41, 5.74) is -0.208. The van der Waals surface area contributed by atoms with E-state index in [1.165, 1.54) is 0 Å². The molecule has 1 aromatic rings. The van der Waals surface area contributed by atoms with Crippen molar-refractivity contribution >= 4 is 12.0 Å². The highest BCUT2D eigenvalue weighted by Crippen LogP contribution is 2.13. The Balaban J connectivity index is 1.95. The zero-order chi connectivity index (χ0) is 16.3. The highest BCUT2D eigenvalue weighted by atomic mass is 16.6. The Bertz CT molecular complexity index is 547. The van der Waals surface area contributed by atoms with Gasteiger partial charge in [0.15, 0.2) is 5.69 Å². The van der Waals surface area contributed by atoms with Crippen LogP contribution in [-0.2, 0) is 4.74 Å². The number of aromatic nitrogens is 1. The largest absolute Gasteiger partial charge is 0.444 e. The van der Waals surface area contributed by atoms with Gasteiger partial charge in [-0.15, -0.1) is 0 Å². The summed E-state index contributed by atoms with van der Waals surface area (Å²) in [5.74, 6) is 0.441. The van der Waals surface area contributed by atoms with E-state index < -0.39 is 5.60 Å². The summed E-state index contributed by atoms with van der Waals surface area (Å²) in [7, 11) is 0. The van der Waals surface area contributed by atoms with Crippen LogP contribution in [0.4, 0.5) is 4.79 Å². The van der Waals surface area contributed by atoms with Gasteiger partial charge in [0.2, 0.25) is 0 Å². The summed E-state index contributed by atoms with van der Waals surface area (Å²) >= 11 is 0. The van der Waals surface area contributed by atoms with Gasteiger partial charge in [-0.25, -0.2) is 4.79 Å². The highest BCUT2D eigenvalue weighted by Gasteiger charge is 2.27. The van der Waals surface area contributed by atoms with E-state index in [0.29, 0.717) is 44.1 Å². The number of hydrogen-bond acceptors (Lipinski definition) is 5. The lowest BCUT2D eigenvalue weighted by atomic mass is 10.2. The number of hydrogen-bond donors (Lipinski definition) is 0. The van der Waals surface area contributed by atoms with Gasteiger partial charge in [-0.3, -0.25) is 4.79 Å². The lowest BCUT2D eigenvalue weighted by Crippen LogP contribution is -2.40. The third-order valence-electron chi connectivity index (χ3n) is 3.28. The van der Waals surface area contributed by atoms with Crippen LogP contribution in [0.1, 0.15) is 43.4 Å². The topological polar surface area (TPSA) is 75.9 Å². The first kappa shape index (κ1) is 16.3. The Morgan fingerprint density at radius 1 is 1.18 bits per heavy atom. The van der Waals surface area contributed by atoms with E-state index in [0.717, 1.165) is 0 Å². The summed E-state index contributed by atoms with van der Waals surface area (Å²) in [4.78, 5) is 27.8. The maximum absolute atomic E-state index is 12.3. The van der Waals surface area contributed by atoms with E-state index >= 15 is 0 Å². The van der Waals surface area contributed by atoms with E-state index in [9.17, 15) is 9.59 Å². The summed E-state index contributed by atoms with van der Waals surface area (Å²) in [6.45, 7) is 9.35. The molecular formula is C15H23N3O4. The number of nitrogens with zero attached hydrogens (tertiary/aromatic N) is 3. The van der Waals surface area contributed by atoms with Crippen molar-refractivity contribution in [3.8, 4) is 0 Å². The van der Waals surface area contributed by atoms with Gasteiger partial charge in [0.25, 0.3) is 5.91 Å². The summed E-state index contributed by atoms with van der Waals surface area (Å²) in [6, 6.07) is 1.62. The van der Waals surface area contributed by atoms with E-state index in [-0.39, 0.29) is 12.0 Å². The molecular weight excluding hydrogens is 286 g/mol. The number of rotatable bonds is 1. The molecule has 0 N–H and O–H groups in total. The number of amides is 2. The second-order valence-corrected chi connectivity index (χ2v) is 6.44. The molecule has 122 valence electrons. The van der Waals surface area contributed by atoms with Crippen molar-refractivity contribution in [1.82, 2.24) is 15.0 Å². The summed E-state index contributed by atoms with van der Waals surface area (Å²) in [5, 5.41) is 3.75. The third kappa shape index (κ3) is 4.22. The number of aryl methyl sites for hydroxylation is 1. The van der Waals surface area contributed by atoms with Gasteiger partial charge >= 0.3 is 6.09 Å². The van der Waals surface area contributed by atoms with Crippen LogP contribution in [0.5, 0.6) is 0 Å². The van der Waals surface area contributed by atoms with Crippen molar-refractivity contribution in [2.24, 2.45) is 0 Å². The molecule has 0 aliphatic carbocycles. The quantitative estimate of drug-likeness (QED) is 0.793. The van der Waals surface area contributed by atoms with Gasteiger partial charge in [0.05, 0.1) is 0 Å². The molecule has 1 aromatic heterocycles. The fourth-order valence-corrected chi connectivity index (χ4v) is 2.26. The van der Waals surface area contributed by atoms with Crippen molar-refractivity contribution in [1.29, 1.82) is 0 Å². The predicted molar refractivity (Wildman–Crippen MR) is 79.6 cm³/mol. The number of carbonyl (C=O) groups is 2. The van der Waals surface area contributed by atoms with Crippen LogP contribution < -0.4 is 0 Å². The van der Waals surface area contributed by atoms with Crippen LogP contribution >= 0.6 is 0 Å². The van der Waals surface area contributed by atoms with Crippen LogP contribution in [0.25, 0.3) is 0 Å². The molecule has 0 bridgehead atoms. The SMILES string of the molecule is Cc1cc(C(=O)N2CCCN(C(=O)OC(C)(C)C)CC2)no1. The van der Waals surface area contributed by atoms with Gasteiger partial charge in [0.1, 0.15) is 11.4 Å². The van der Waals surface area contributed by atoms with E-state index in [1.807, 2.05) is 20.8 Å². The highest BCUT2D eigenvalue weighted by molar-refractivity contribution is 5.92. The lowest BCUT2D eigenvalue weighted by Gasteiger charge is -2.26. The Morgan fingerprint density at radius 3 is 2.41 bits per heavy atom. The van der Waals surface area contributed by atoms with Crippen LogP contribution in [0.2, 0.25) is 0 Å². The molecule has 0 radical (unpaired) electrons. The molecule has 2 amide bonds. The van der Waals surface area contributed by atoms with Crippen molar-refractivity contribution in [3.63, 3.8) is 0 Å². The van der Waals surface area contributed by atoms with E-state index in [4.69, 9.17) is 9.26 Å². The van der Waals surface area contributed by atoms with Crippen LogP contribution in [0, 0.1) is 6.92 Å². The minimum Gasteiger partial charge on any atom is -0.444 e. The third-order valence-corrected chi connectivity index (χ3v) is 3.28. The normalized spacial score (nSPS) is 16.4. The molecule has 22 heavy (non-hydrogen) atoms. The average molecular weight is 309 g/mol. The minimum absolute atomic E-state index is 0.164. The second-order valence-electron chi connectivity index (χ2n) is 6.44. The fourth-order valence-electron chi connectivity index (χ4n) is 2.26. The summed E-state index contributed by atoms with van der Waals surface area (Å²) in [6.07, 6.45) is 0.376. The van der Waals surface area contributed by atoms with Crippen molar-refractivity contribution in [2.45, 2.75) is 39.7 Å². The molecule has 0 saturated carbocycles. The van der Waals surface area contributed by atoms with Gasteiger partial charge < -0.3 is 19.1 Å². The first-order chi connectivity index (χ1) is 10.3.